The highest BCUT2D eigenvalue weighted by Crippen LogP contribution is 2.04. The number of pyridine rings is 1. The smallest absolute Gasteiger partial charge is 0.373 e. The van der Waals surface area contributed by atoms with E-state index in [9.17, 15) is 0 Å². The first-order chi connectivity index (χ1) is 6.29. The van der Waals surface area contributed by atoms with Gasteiger partial charge in [-0.3, -0.25) is 4.98 Å². The standard InChI is InChI=1S/C8H13NO3Si/c1-10-13(11-2,12-3)8-6-4-5-7-9-8/h4-7H,1-3H3. The fourth-order valence-electron chi connectivity index (χ4n) is 1.11. The second-order valence-corrected chi connectivity index (χ2v) is 5.23. The SMILES string of the molecule is CO[Si](OC)(OC)c1ccccn1. The Morgan fingerprint density at radius 3 is 2.08 bits per heavy atom. The molecular weight excluding hydrogens is 186 g/mol. The molecule has 1 aromatic rings. The van der Waals surface area contributed by atoms with Crippen molar-refractivity contribution in [2.24, 2.45) is 0 Å². The highest BCUT2D eigenvalue weighted by atomic mass is 28.4. The van der Waals surface area contributed by atoms with Crippen LogP contribution < -0.4 is 5.32 Å². The van der Waals surface area contributed by atoms with Crippen LogP contribution >= 0.6 is 0 Å². The molecule has 1 heterocycles. The molecule has 4 nitrogen and oxygen atoms in total. The van der Waals surface area contributed by atoms with Crippen LogP contribution in [0.25, 0.3) is 0 Å². The molecule has 0 fully saturated rings. The van der Waals surface area contributed by atoms with Crippen LogP contribution in [-0.4, -0.2) is 35.1 Å². The van der Waals surface area contributed by atoms with Gasteiger partial charge < -0.3 is 13.3 Å². The number of aromatic nitrogens is 1. The molecule has 0 unspecified atom stereocenters. The summed E-state index contributed by atoms with van der Waals surface area (Å²) in [5.41, 5.74) is 0. The van der Waals surface area contributed by atoms with Crippen LogP contribution in [-0.2, 0) is 13.3 Å². The van der Waals surface area contributed by atoms with Gasteiger partial charge in [0.2, 0.25) is 0 Å². The molecule has 5 heteroatoms. The molecule has 0 amide bonds. The van der Waals surface area contributed by atoms with Gasteiger partial charge in [-0.15, -0.1) is 0 Å². The molecule has 0 radical (unpaired) electrons. The van der Waals surface area contributed by atoms with Crippen LogP contribution in [0.15, 0.2) is 24.4 Å². The third-order valence-corrected chi connectivity index (χ3v) is 4.32. The van der Waals surface area contributed by atoms with Crippen LogP contribution in [0.2, 0.25) is 0 Å². The number of hydrogen-bond acceptors (Lipinski definition) is 4. The van der Waals surface area contributed by atoms with Crippen molar-refractivity contribution in [3.8, 4) is 0 Å². The molecule has 0 saturated heterocycles. The monoisotopic (exact) mass is 199 g/mol. The molecule has 0 aliphatic heterocycles. The van der Waals surface area contributed by atoms with Crippen molar-refractivity contribution >= 4 is 14.1 Å². The van der Waals surface area contributed by atoms with Crippen molar-refractivity contribution in [1.29, 1.82) is 0 Å². The van der Waals surface area contributed by atoms with E-state index in [2.05, 4.69) is 4.98 Å². The topological polar surface area (TPSA) is 40.6 Å². The van der Waals surface area contributed by atoms with Gasteiger partial charge in [-0.1, -0.05) is 6.07 Å². The van der Waals surface area contributed by atoms with E-state index in [-0.39, 0.29) is 0 Å². The number of hydrogen-bond donors (Lipinski definition) is 0. The summed E-state index contributed by atoms with van der Waals surface area (Å²) in [6, 6.07) is 5.55. The Kier molecular flexibility index (Phi) is 3.55. The summed E-state index contributed by atoms with van der Waals surface area (Å²) in [4.78, 5) is 4.15. The molecular formula is C8H13NO3Si. The third-order valence-electron chi connectivity index (χ3n) is 1.78. The van der Waals surface area contributed by atoms with Crippen LogP contribution in [0.4, 0.5) is 0 Å². The lowest BCUT2D eigenvalue weighted by Gasteiger charge is -2.22. The Morgan fingerprint density at radius 1 is 1.08 bits per heavy atom. The minimum Gasteiger partial charge on any atom is -0.373 e. The maximum absolute atomic E-state index is 5.25. The van der Waals surface area contributed by atoms with Crippen LogP contribution in [0.1, 0.15) is 0 Å². The van der Waals surface area contributed by atoms with E-state index >= 15 is 0 Å². The maximum Gasteiger partial charge on any atom is 0.555 e. The predicted molar refractivity (Wildman–Crippen MR) is 50.7 cm³/mol. The molecule has 0 atom stereocenters. The van der Waals surface area contributed by atoms with Gasteiger partial charge in [0.25, 0.3) is 0 Å². The first-order valence-corrected chi connectivity index (χ1v) is 5.58. The Hall–Kier alpha value is -0.753. The Labute approximate surface area is 78.8 Å². The summed E-state index contributed by atoms with van der Waals surface area (Å²) >= 11 is 0. The zero-order chi connectivity index (χ0) is 9.73. The summed E-state index contributed by atoms with van der Waals surface area (Å²) in [5, 5.41) is 0.725. The lowest BCUT2D eigenvalue weighted by atomic mass is 10.5. The highest BCUT2D eigenvalue weighted by Gasteiger charge is 2.42. The first-order valence-electron chi connectivity index (χ1n) is 3.86. The van der Waals surface area contributed by atoms with Gasteiger partial charge in [-0.05, 0) is 12.1 Å². The van der Waals surface area contributed by atoms with Crippen molar-refractivity contribution < 1.29 is 13.3 Å². The summed E-state index contributed by atoms with van der Waals surface area (Å²) < 4.78 is 15.8. The summed E-state index contributed by atoms with van der Waals surface area (Å²) in [6.45, 7) is 0. The van der Waals surface area contributed by atoms with Crippen molar-refractivity contribution in [3.63, 3.8) is 0 Å². The Bertz CT molecular complexity index is 243. The molecule has 0 saturated carbocycles. The molecule has 0 aliphatic rings. The molecule has 0 aliphatic carbocycles. The lowest BCUT2D eigenvalue weighted by Crippen LogP contribution is -2.55. The minimum atomic E-state index is -2.70. The zero-order valence-corrected chi connectivity index (χ0v) is 8.98. The summed E-state index contributed by atoms with van der Waals surface area (Å²) in [7, 11) is 1.99. The van der Waals surface area contributed by atoms with E-state index in [0.29, 0.717) is 0 Å². The van der Waals surface area contributed by atoms with Crippen molar-refractivity contribution in [3.05, 3.63) is 24.4 Å². The van der Waals surface area contributed by atoms with Gasteiger partial charge >= 0.3 is 8.80 Å². The third kappa shape index (κ3) is 1.94. The van der Waals surface area contributed by atoms with E-state index in [4.69, 9.17) is 13.3 Å². The Morgan fingerprint density at radius 2 is 1.69 bits per heavy atom. The average molecular weight is 199 g/mol. The second kappa shape index (κ2) is 4.47. The van der Waals surface area contributed by atoms with Crippen LogP contribution in [0, 0.1) is 0 Å². The zero-order valence-electron chi connectivity index (χ0n) is 7.98. The quantitative estimate of drug-likeness (QED) is 0.648. The Balaban J connectivity index is 3.01. The average Bonchev–Trinajstić information content (AvgIpc) is 2.23. The molecule has 0 bridgehead atoms. The second-order valence-electron chi connectivity index (χ2n) is 2.38. The molecule has 1 aromatic heterocycles. The normalized spacial score (nSPS) is 11.6. The first kappa shape index (κ1) is 10.3. The molecule has 72 valence electrons. The van der Waals surface area contributed by atoms with Gasteiger partial charge in [0, 0.05) is 27.5 Å². The molecule has 0 aromatic carbocycles. The van der Waals surface area contributed by atoms with Gasteiger partial charge in [0.05, 0.1) is 0 Å². The predicted octanol–water partition coefficient (Wildman–Crippen LogP) is 0.167. The molecule has 13 heavy (non-hydrogen) atoms. The summed E-state index contributed by atoms with van der Waals surface area (Å²) in [5.74, 6) is 0. The van der Waals surface area contributed by atoms with Crippen molar-refractivity contribution in [2.75, 3.05) is 21.3 Å². The largest absolute Gasteiger partial charge is 0.555 e. The molecule has 1 rings (SSSR count). The fourth-order valence-corrected chi connectivity index (χ4v) is 2.77. The van der Waals surface area contributed by atoms with Crippen LogP contribution in [0.5, 0.6) is 0 Å². The van der Waals surface area contributed by atoms with Crippen molar-refractivity contribution in [1.82, 2.24) is 4.98 Å². The van der Waals surface area contributed by atoms with E-state index in [1.165, 1.54) is 0 Å². The summed E-state index contributed by atoms with van der Waals surface area (Å²) in [6.07, 6.45) is 1.69. The molecule has 0 spiro atoms. The molecule has 0 N–H and O–H groups in total. The minimum absolute atomic E-state index is 0.725. The van der Waals surface area contributed by atoms with E-state index in [0.717, 1.165) is 5.32 Å². The lowest BCUT2D eigenvalue weighted by molar-refractivity contribution is 0.139. The van der Waals surface area contributed by atoms with E-state index in [1.807, 2.05) is 18.2 Å². The number of rotatable bonds is 4. The van der Waals surface area contributed by atoms with Crippen LogP contribution in [0.3, 0.4) is 0 Å². The van der Waals surface area contributed by atoms with E-state index < -0.39 is 8.80 Å². The maximum atomic E-state index is 5.25. The van der Waals surface area contributed by atoms with Gasteiger partial charge in [-0.25, -0.2) is 0 Å². The fraction of sp³-hybridized carbons (Fsp3) is 0.375. The van der Waals surface area contributed by atoms with Gasteiger partial charge in [-0.2, -0.15) is 0 Å². The number of nitrogens with zero attached hydrogens (tertiary/aromatic N) is 1. The van der Waals surface area contributed by atoms with Gasteiger partial charge in [0.15, 0.2) is 0 Å². The van der Waals surface area contributed by atoms with E-state index in [1.54, 1.807) is 27.5 Å². The van der Waals surface area contributed by atoms with Crippen molar-refractivity contribution in [2.45, 2.75) is 0 Å². The van der Waals surface area contributed by atoms with Gasteiger partial charge in [0.1, 0.15) is 5.32 Å². The highest BCUT2D eigenvalue weighted by molar-refractivity contribution is 6.74.